The first kappa shape index (κ1) is 8.80. The molecular weight excluding hydrogens is 156 g/mol. The van der Waals surface area contributed by atoms with Crippen LogP contribution in [-0.4, -0.2) is 0 Å². The van der Waals surface area contributed by atoms with Gasteiger partial charge in [0.05, 0.1) is 0 Å². The molecule has 0 radical (unpaired) electrons. The summed E-state index contributed by atoms with van der Waals surface area (Å²) in [6.07, 6.45) is 1.40. The highest BCUT2D eigenvalue weighted by molar-refractivity contribution is 5.29. The molecule has 0 saturated heterocycles. The lowest BCUT2D eigenvalue weighted by Gasteiger charge is -2.03. The molecule has 1 aliphatic rings. The molecule has 2 rings (SSSR count). The lowest BCUT2D eigenvalue weighted by molar-refractivity contribution is 0.549. The molecule has 1 saturated carbocycles. The van der Waals surface area contributed by atoms with Crippen molar-refractivity contribution in [3.05, 3.63) is 35.4 Å². The van der Waals surface area contributed by atoms with Crippen molar-refractivity contribution in [2.75, 3.05) is 0 Å². The molecule has 1 aromatic carbocycles. The first-order valence-corrected chi connectivity index (χ1v) is 5.25. The van der Waals surface area contributed by atoms with Gasteiger partial charge in [-0.2, -0.15) is 0 Å². The van der Waals surface area contributed by atoms with E-state index in [1.165, 1.54) is 12.0 Å². The maximum Gasteiger partial charge on any atom is -0.0128 e. The van der Waals surface area contributed by atoms with Crippen LogP contribution >= 0.6 is 0 Å². The van der Waals surface area contributed by atoms with Crippen LogP contribution in [0.3, 0.4) is 0 Å². The topological polar surface area (TPSA) is 0 Å². The summed E-state index contributed by atoms with van der Waals surface area (Å²) in [5.41, 5.74) is 2.91. The van der Waals surface area contributed by atoms with Crippen molar-refractivity contribution < 1.29 is 0 Å². The average Bonchev–Trinajstić information content (AvgIpc) is 2.85. The largest absolute Gasteiger partial charge is 0.0625 e. The second kappa shape index (κ2) is 3.17. The molecule has 0 unspecified atom stereocenters. The number of benzene rings is 1. The zero-order valence-electron chi connectivity index (χ0n) is 8.75. The highest BCUT2D eigenvalue weighted by atomic mass is 14.4. The van der Waals surface area contributed by atoms with Crippen molar-refractivity contribution in [3.8, 4) is 0 Å². The van der Waals surface area contributed by atoms with Crippen molar-refractivity contribution in [2.24, 2.45) is 11.8 Å². The monoisotopic (exact) mass is 174 g/mol. The van der Waals surface area contributed by atoms with E-state index in [0.29, 0.717) is 0 Å². The molecule has 0 bridgehead atoms. The third kappa shape index (κ3) is 1.77. The zero-order chi connectivity index (χ0) is 9.42. The predicted octanol–water partition coefficient (Wildman–Crippen LogP) is 3.75. The molecule has 0 N–H and O–H groups in total. The molecule has 70 valence electrons. The van der Waals surface area contributed by atoms with Crippen LogP contribution < -0.4 is 0 Å². The minimum Gasteiger partial charge on any atom is -0.0625 e. The number of rotatable bonds is 2. The molecule has 0 nitrogen and oxygen atoms in total. The van der Waals surface area contributed by atoms with Crippen LogP contribution in [0.25, 0.3) is 0 Å². The van der Waals surface area contributed by atoms with Crippen molar-refractivity contribution in [2.45, 2.75) is 33.1 Å². The SMILES string of the molecule is Cc1ccc([C@@H]2C[C@H]2C(C)C)cc1. The molecule has 1 fully saturated rings. The Morgan fingerprint density at radius 2 is 1.77 bits per heavy atom. The summed E-state index contributed by atoms with van der Waals surface area (Å²) < 4.78 is 0. The van der Waals surface area contributed by atoms with Crippen molar-refractivity contribution in [3.63, 3.8) is 0 Å². The molecule has 0 aromatic heterocycles. The number of hydrogen-bond acceptors (Lipinski definition) is 0. The van der Waals surface area contributed by atoms with Crippen LogP contribution in [0.2, 0.25) is 0 Å². The quantitative estimate of drug-likeness (QED) is 0.640. The Morgan fingerprint density at radius 1 is 1.15 bits per heavy atom. The first-order valence-electron chi connectivity index (χ1n) is 5.25. The van der Waals surface area contributed by atoms with Gasteiger partial charge < -0.3 is 0 Å². The van der Waals surface area contributed by atoms with E-state index in [-0.39, 0.29) is 0 Å². The minimum atomic E-state index is 0.853. The van der Waals surface area contributed by atoms with Gasteiger partial charge in [-0.15, -0.1) is 0 Å². The van der Waals surface area contributed by atoms with Gasteiger partial charge in [0.15, 0.2) is 0 Å². The van der Waals surface area contributed by atoms with Crippen LogP contribution in [0, 0.1) is 18.8 Å². The van der Waals surface area contributed by atoms with Crippen LogP contribution in [0.1, 0.15) is 37.3 Å². The number of aryl methyl sites for hydroxylation is 1. The molecule has 1 aromatic rings. The van der Waals surface area contributed by atoms with Gasteiger partial charge in [0.2, 0.25) is 0 Å². The van der Waals surface area contributed by atoms with Gasteiger partial charge >= 0.3 is 0 Å². The van der Waals surface area contributed by atoms with Gasteiger partial charge in [0, 0.05) is 0 Å². The molecule has 1 aliphatic carbocycles. The van der Waals surface area contributed by atoms with Gasteiger partial charge in [-0.05, 0) is 36.7 Å². The Labute approximate surface area is 81.0 Å². The fourth-order valence-electron chi connectivity index (χ4n) is 2.15. The highest BCUT2D eigenvalue weighted by Gasteiger charge is 2.39. The first-order chi connectivity index (χ1) is 6.18. The molecule has 0 aliphatic heterocycles. The van der Waals surface area contributed by atoms with E-state index in [4.69, 9.17) is 0 Å². The van der Waals surface area contributed by atoms with Gasteiger partial charge in [0.25, 0.3) is 0 Å². The summed E-state index contributed by atoms with van der Waals surface area (Å²) in [5, 5.41) is 0. The molecule has 13 heavy (non-hydrogen) atoms. The van der Waals surface area contributed by atoms with Crippen molar-refractivity contribution in [1.82, 2.24) is 0 Å². The second-order valence-electron chi connectivity index (χ2n) is 4.66. The van der Waals surface area contributed by atoms with E-state index in [9.17, 15) is 0 Å². The van der Waals surface area contributed by atoms with Crippen LogP contribution in [0.4, 0.5) is 0 Å². The summed E-state index contributed by atoms with van der Waals surface area (Å²) in [5.74, 6) is 2.66. The number of hydrogen-bond donors (Lipinski definition) is 0. The van der Waals surface area contributed by atoms with Crippen LogP contribution in [0.15, 0.2) is 24.3 Å². The summed E-state index contributed by atoms with van der Waals surface area (Å²) >= 11 is 0. The second-order valence-corrected chi connectivity index (χ2v) is 4.66. The van der Waals surface area contributed by atoms with Crippen LogP contribution in [0.5, 0.6) is 0 Å². The third-order valence-corrected chi connectivity index (χ3v) is 3.20. The van der Waals surface area contributed by atoms with E-state index < -0.39 is 0 Å². The fraction of sp³-hybridized carbons (Fsp3) is 0.538. The summed E-state index contributed by atoms with van der Waals surface area (Å²) in [6.45, 7) is 6.81. The average molecular weight is 174 g/mol. The summed E-state index contributed by atoms with van der Waals surface area (Å²) in [7, 11) is 0. The normalized spacial score (nSPS) is 26.5. The Hall–Kier alpha value is -0.780. The smallest absolute Gasteiger partial charge is 0.0128 e. The van der Waals surface area contributed by atoms with E-state index >= 15 is 0 Å². The molecule has 0 spiro atoms. The molecule has 0 heterocycles. The van der Waals surface area contributed by atoms with Gasteiger partial charge in [-0.1, -0.05) is 43.7 Å². The van der Waals surface area contributed by atoms with Gasteiger partial charge in [-0.3, -0.25) is 0 Å². The van der Waals surface area contributed by atoms with Gasteiger partial charge in [-0.25, -0.2) is 0 Å². The zero-order valence-corrected chi connectivity index (χ0v) is 8.75. The Balaban J connectivity index is 2.08. The Bertz CT molecular complexity index is 281. The van der Waals surface area contributed by atoms with E-state index in [1.807, 2.05) is 0 Å². The lowest BCUT2D eigenvalue weighted by atomic mass is 10.0. The summed E-state index contributed by atoms with van der Waals surface area (Å²) in [4.78, 5) is 0. The fourth-order valence-corrected chi connectivity index (χ4v) is 2.15. The predicted molar refractivity (Wildman–Crippen MR) is 56.9 cm³/mol. The van der Waals surface area contributed by atoms with E-state index in [0.717, 1.165) is 17.8 Å². The maximum absolute atomic E-state index is 2.33. The third-order valence-electron chi connectivity index (χ3n) is 3.20. The van der Waals surface area contributed by atoms with E-state index in [2.05, 4.69) is 45.0 Å². The van der Waals surface area contributed by atoms with Crippen LogP contribution in [-0.2, 0) is 0 Å². The molecule has 0 heteroatoms. The molecule has 2 atom stereocenters. The standard InChI is InChI=1S/C13H18/c1-9(2)12-8-13(12)11-6-4-10(3)5-7-11/h4-7,9,12-13H,8H2,1-3H3/t12-,13-/m0/s1. The maximum atomic E-state index is 2.33. The van der Waals surface area contributed by atoms with Gasteiger partial charge in [0.1, 0.15) is 0 Å². The van der Waals surface area contributed by atoms with Crippen molar-refractivity contribution >= 4 is 0 Å². The Kier molecular flexibility index (Phi) is 2.15. The summed E-state index contributed by atoms with van der Waals surface area (Å²) in [6, 6.07) is 9.04. The highest BCUT2D eigenvalue weighted by Crippen LogP contribution is 2.51. The van der Waals surface area contributed by atoms with E-state index in [1.54, 1.807) is 5.56 Å². The Morgan fingerprint density at radius 3 is 2.23 bits per heavy atom. The van der Waals surface area contributed by atoms with Crippen molar-refractivity contribution in [1.29, 1.82) is 0 Å². The molecular formula is C13H18. The molecule has 0 amide bonds. The lowest BCUT2D eigenvalue weighted by Crippen LogP contribution is -1.92. The minimum absolute atomic E-state index is 0.853.